The van der Waals surface area contributed by atoms with Gasteiger partial charge in [0.2, 0.25) is 5.89 Å². The Bertz CT molecular complexity index is 490. The third-order valence-corrected chi connectivity index (χ3v) is 3.77. The first-order chi connectivity index (χ1) is 8.71. The normalized spacial score (nSPS) is 12.8. The Kier molecular flexibility index (Phi) is 4.43. The van der Waals surface area contributed by atoms with Gasteiger partial charge < -0.3 is 9.84 Å². The molecule has 0 spiro atoms. The van der Waals surface area contributed by atoms with Gasteiger partial charge in [0.25, 0.3) is 0 Å². The molecular formula is C12H18N4OS. The summed E-state index contributed by atoms with van der Waals surface area (Å²) in [6, 6.07) is 0.389. The van der Waals surface area contributed by atoms with E-state index in [1.54, 1.807) is 11.3 Å². The minimum atomic E-state index is 0.389. The SMILES string of the molecule is CCC(Cc1nc(Cc2nc(C)cs2)no1)NC. The van der Waals surface area contributed by atoms with Gasteiger partial charge in [-0.3, -0.25) is 0 Å². The maximum atomic E-state index is 5.25. The Morgan fingerprint density at radius 1 is 1.44 bits per heavy atom. The van der Waals surface area contributed by atoms with Crippen molar-refractivity contribution in [2.45, 2.75) is 39.2 Å². The van der Waals surface area contributed by atoms with Crippen molar-refractivity contribution in [2.24, 2.45) is 0 Å². The van der Waals surface area contributed by atoms with Crippen LogP contribution in [-0.2, 0) is 12.8 Å². The first-order valence-electron chi connectivity index (χ1n) is 6.11. The van der Waals surface area contributed by atoms with Crippen LogP contribution in [0.4, 0.5) is 0 Å². The average molecular weight is 266 g/mol. The predicted molar refractivity (Wildman–Crippen MR) is 70.8 cm³/mol. The van der Waals surface area contributed by atoms with Crippen LogP contribution < -0.4 is 5.32 Å². The lowest BCUT2D eigenvalue weighted by Gasteiger charge is -2.09. The maximum absolute atomic E-state index is 5.25. The van der Waals surface area contributed by atoms with E-state index in [0.29, 0.717) is 24.2 Å². The first kappa shape index (κ1) is 13.2. The molecule has 5 nitrogen and oxygen atoms in total. The van der Waals surface area contributed by atoms with Crippen LogP contribution in [0.2, 0.25) is 0 Å². The third-order valence-electron chi connectivity index (χ3n) is 2.81. The molecule has 1 atom stereocenters. The Hall–Kier alpha value is -1.27. The molecular weight excluding hydrogens is 248 g/mol. The molecule has 0 aliphatic heterocycles. The number of nitrogens with one attached hydrogen (secondary N) is 1. The number of hydrogen-bond acceptors (Lipinski definition) is 6. The molecule has 2 rings (SSSR count). The third kappa shape index (κ3) is 3.36. The molecule has 1 N–H and O–H groups in total. The van der Waals surface area contributed by atoms with Gasteiger partial charge in [-0.25, -0.2) is 4.98 Å². The molecule has 18 heavy (non-hydrogen) atoms. The molecule has 2 heterocycles. The summed E-state index contributed by atoms with van der Waals surface area (Å²) in [4.78, 5) is 8.79. The van der Waals surface area contributed by atoms with Crippen LogP contribution in [0.1, 0.15) is 35.8 Å². The van der Waals surface area contributed by atoms with Gasteiger partial charge in [0.1, 0.15) is 5.01 Å². The Balaban J connectivity index is 1.97. The second-order valence-electron chi connectivity index (χ2n) is 4.26. The van der Waals surface area contributed by atoms with E-state index in [0.717, 1.165) is 23.5 Å². The number of aromatic nitrogens is 3. The molecule has 2 aromatic heterocycles. The molecule has 0 aliphatic rings. The lowest BCUT2D eigenvalue weighted by atomic mass is 10.1. The fourth-order valence-electron chi connectivity index (χ4n) is 1.73. The van der Waals surface area contributed by atoms with Gasteiger partial charge >= 0.3 is 0 Å². The van der Waals surface area contributed by atoms with Crippen LogP contribution in [-0.4, -0.2) is 28.2 Å². The lowest BCUT2D eigenvalue weighted by molar-refractivity contribution is 0.355. The van der Waals surface area contributed by atoms with E-state index >= 15 is 0 Å². The highest BCUT2D eigenvalue weighted by Crippen LogP contribution is 2.13. The monoisotopic (exact) mass is 266 g/mol. The van der Waals surface area contributed by atoms with Crippen molar-refractivity contribution in [1.82, 2.24) is 20.4 Å². The van der Waals surface area contributed by atoms with E-state index in [1.807, 2.05) is 19.4 Å². The van der Waals surface area contributed by atoms with Gasteiger partial charge in [-0.15, -0.1) is 11.3 Å². The molecule has 0 amide bonds. The number of likely N-dealkylation sites (N-methyl/N-ethyl adjacent to an activating group) is 1. The number of thiazole rings is 1. The van der Waals surface area contributed by atoms with E-state index in [4.69, 9.17) is 4.52 Å². The average Bonchev–Trinajstić information content (AvgIpc) is 2.96. The molecule has 2 aromatic rings. The van der Waals surface area contributed by atoms with Crippen molar-refractivity contribution in [2.75, 3.05) is 7.05 Å². The van der Waals surface area contributed by atoms with Crippen LogP contribution in [0.15, 0.2) is 9.90 Å². The fourth-order valence-corrected chi connectivity index (χ4v) is 2.49. The summed E-state index contributed by atoms with van der Waals surface area (Å²) in [5.74, 6) is 1.41. The van der Waals surface area contributed by atoms with Crippen molar-refractivity contribution >= 4 is 11.3 Å². The van der Waals surface area contributed by atoms with Gasteiger partial charge in [-0.1, -0.05) is 12.1 Å². The van der Waals surface area contributed by atoms with Gasteiger partial charge in [-0.05, 0) is 20.4 Å². The molecule has 0 radical (unpaired) electrons. The largest absolute Gasteiger partial charge is 0.339 e. The van der Waals surface area contributed by atoms with Crippen LogP contribution >= 0.6 is 11.3 Å². The summed E-state index contributed by atoms with van der Waals surface area (Å²) in [5, 5.41) is 10.3. The minimum absolute atomic E-state index is 0.389. The Morgan fingerprint density at radius 3 is 2.89 bits per heavy atom. The van der Waals surface area contributed by atoms with Gasteiger partial charge in [0.05, 0.1) is 6.42 Å². The lowest BCUT2D eigenvalue weighted by Crippen LogP contribution is -2.26. The highest BCUT2D eigenvalue weighted by molar-refractivity contribution is 7.09. The smallest absolute Gasteiger partial charge is 0.228 e. The zero-order valence-electron chi connectivity index (χ0n) is 10.9. The molecule has 0 saturated carbocycles. The standard InChI is InChI=1S/C12H18N4OS/c1-4-9(13-3)5-11-15-10(16-17-11)6-12-14-8(2)7-18-12/h7,9,13H,4-6H2,1-3H3. The molecule has 0 aromatic carbocycles. The van der Waals surface area contributed by atoms with Gasteiger partial charge in [0, 0.05) is 23.5 Å². The number of hydrogen-bond donors (Lipinski definition) is 1. The Morgan fingerprint density at radius 2 is 2.28 bits per heavy atom. The van der Waals surface area contributed by atoms with Crippen molar-refractivity contribution in [1.29, 1.82) is 0 Å². The maximum Gasteiger partial charge on any atom is 0.228 e. The summed E-state index contributed by atoms with van der Waals surface area (Å²) in [7, 11) is 1.95. The predicted octanol–water partition coefficient (Wildman–Crippen LogP) is 1.97. The molecule has 0 aliphatic carbocycles. The number of aryl methyl sites for hydroxylation is 1. The molecule has 0 fully saturated rings. The quantitative estimate of drug-likeness (QED) is 0.866. The van der Waals surface area contributed by atoms with Gasteiger partial charge in [-0.2, -0.15) is 4.98 Å². The zero-order valence-corrected chi connectivity index (χ0v) is 11.8. The van der Waals surface area contributed by atoms with Crippen molar-refractivity contribution in [3.8, 4) is 0 Å². The molecule has 6 heteroatoms. The summed E-state index contributed by atoms with van der Waals surface area (Å²) in [6.07, 6.45) is 2.47. The molecule has 1 unspecified atom stereocenters. The molecule has 98 valence electrons. The van der Waals surface area contributed by atoms with Crippen molar-refractivity contribution < 1.29 is 4.52 Å². The van der Waals surface area contributed by atoms with Crippen LogP contribution in [0.3, 0.4) is 0 Å². The number of nitrogens with zero attached hydrogens (tertiary/aromatic N) is 3. The van der Waals surface area contributed by atoms with E-state index in [2.05, 4.69) is 27.4 Å². The first-order valence-corrected chi connectivity index (χ1v) is 6.99. The minimum Gasteiger partial charge on any atom is -0.339 e. The van der Waals surface area contributed by atoms with Crippen molar-refractivity contribution in [3.05, 3.63) is 27.8 Å². The second kappa shape index (κ2) is 6.06. The summed E-state index contributed by atoms with van der Waals surface area (Å²) < 4.78 is 5.25. The van der Waals surface area contributed by atoms with E-state index < -0.39 is 0 Å². The van der Waals surface area contributed by atoms with E-state index in [9.17, 15) is 0 Å². The topological polar surface area (TPSA) is 63.8 Å². The highest BCUT2D eigenvalue weighted by Gasteiger charge is 2.12. The summed E-state index contributed by atoms with van der Waals surface area (Å²) >= 11 is 1.63. The van der Waals surface area contributed by atoms with Crippen molar-refractivity contribution in [3.63, 3.8) is 0 Å². The second-order valence-corrected chi connectivity index (χ2v) is 5.20. The summed E-state index contributed by atoms with van der Waals surface area (Å²) in [5.41, 5.74) is 1.04. The molecule has 0 bridgehead atoms. The van der Waals surface area contributed by atoms with Crippen LogP contribution in [0.25, 0.3) is 0 Å². The number of rotatable bonds is 6. The Labute approximate surface area is 111 Å². The summed E-state index contributed by atoms with van der Waals surface area (Å²) in [6.45, 7) is 4.12. The van der Waals surface area contributed by atoms with Crippen LogP contribution in [0, 0.1) is 6.92 Å². The fraction of sp³-hybridized carbons (Fsp3) is 0.583. The highest BCUT2D eigenvalue weighted by atomic mass is 32.1. The molecule has 0 saturated heterocycles. The van der Waals surface area contributed by atoms with Gasteiger partial charge in [0.15, 0.2) is 5.82 Å². The zero-order chi connectivity index (χ0) is 13.0. The van der Waals surface area contributed by atoms with E-state index in [1.165, 1.54) is 0 Å². The van der Waals surface area contributed by atoms with E-state index in [-0.39, 0.29) is 0 Å². The van der Waals surface area contributed by atoms with Crippen LogP contribution in [0.5, 0.6) is 0 Å².